The summed E-state index contributed by atoms with van der Waals surface area (Å²) in [5.74, 6) is 0.904. The SMILES string of the molecule is CN(CCc1ccc(N(C)C)cc1)C(=S)CCCc1nnnn1C. The second-order valence-electron chi connectivity index (χ2n) is 6.20. The lowest BCUT2D eigenvalue weighted by Crippen LogP contribution is -2.27. The molecular weight excluding hydrogens is 320 g/mol. The summed E-state index contributed by atoms with van der Waals surface area (Å²) in [6.07, 6.45) is 3.70. The smallest absolute Gasteiger partial charge is 0.150 e. The van der Waals surface area contributed by atoms with Gasteiger partial charge in [-0.2, -0.15) is 0 Å². The van der Waals surface area contributed by atoms with Gasteiger partial charge in [0, 0.05) is 46.8 Å². The van der Waals surface area contributed by atoms with Crippen LogP contribution in [0.15, 0.2) is 24.3 Å². The zero-order valence-corrected chi connectivity index (χ0v) is 15.8. The van der Waals surface area contributed by atoms with Crippen LogP contribution in [0.1, 0.15) is 24.2 Å². The first kappa shape index (κ1) is 18.3. The van der Waals surface area contributed by atoms with Gasteiger partial charge >= 0.3 is 0 Å². The third kappa shape index (κ3) is 5.26. The van der Waals surface area contributed by atoms with E-state index in [4.69, 9.17) is 12.2 Å². The fraction of sp³-hybridized carbons (Fsp3) is 0.529. The zero-order chi connectivity index (χ0) is 17.5. The molecule has 2 rings (SSSR count). The van der Waals surface area contributed by atoms with Crippen molar-refractivity contribution >= 4 is 22.9 Å². The first-order valence-electron chi connectivity index (χ1n) is 8.19. The van der Waals surface area contributed by atoms with Crippen molar-refractivity contribution in [2.75, 3.05) is 32.6 Å². The highest BCUT2D eigenvalue weighted by atomic mass is 32.1. The van der Waals surface area contributed by atoms with E-state index in [1.54, 1.807) is 4.68 Å². The number of anilines is 1. The van der Waals surface area contributed by atoms with Crippen molar-refractivity contribution in [2.24, 2.45) is 7.05 Å². The molecule has 0 aliphatic heterocycles. The number of likely N-dealkylation sites (N-methyl/N-ethyl adjacent to an activating group) is 1. The maximum atomic E-state index is 5.54. The topological polar surface area (TPSA) is 50.1 Å². The molecule has 0 saturated carbocycles. The first-order chi connectivity index (χ1) is 11.5. The number of benzene rings is 1. The number of hydrogen-bond acceptors (Lipinski definition) is 5. The molecule has 0 bridgehead atoms. The Morgan fingerprint density at radius 1 is 1.12 bits per heavy atom. The molecule has 0 spiro atoms. The van der Waals surface area contributed by atoms with E-state index in [1.807, 2.05) is 7.05 Å². The minimum absolute atomic E-state index is 0.851. The largest absolute Gasteiger partial charge is 0.378 e. The second-order valence-corrected chi connectivity index (χ2v) is 6.67. The van der Waals surface area contributed by atoms with Crippen LogP contribution < -0.4 is 4.90 Å². The lowest BCUT2D eigenvalue weighted by molar-refractivity contribution is 0.502. The predicted octanol–water partition coefficient (Wildman–Crippen LogP) is 2.10. The molecule has 0 fully saturated rings. The van der Waals surface area contributed by atoms with Gasteiger partial charge in [-0.1, -0.05) is 24.4 Å². The van der Waals surface area contributed by atoms with E-state index in [2.05, 4.69) is 70.7 Å². The Labute approximate surface area is 149 Å². The van der Waals surface area contributed by atoms with Gasteiger partial charge in [-0.25, -0.2) is 4.68 Å². The van der Waals surface area contributed by atoms with Crippen LogP contribution >= 0.6 is 12.2 Å². The molecule has 6 nitrogen and oxygen atoms in total. The van der Waals surface area contributed by atoms with E-state index in [1.165, 1.54) is 11.3 Å². The molecular formula is C17H26N6S. The highest BCUT2D eigenvalue weighted by Gasteiger charge is 2.07. The number of nitrogens with zero attached hydrogens (tertiary/aromatic N) is 6. The molecule has 0 atom stereocenters. The average molecular weight is 347 g/mol. The third-order valence-corrected chi connectivity index (χ3v) is 4.63. The lowest BCUT2D eigenvalue weighted by Gasteiger charge is -2.20. The summed E-state index contributed by atoms with van der Waals surface area (Å²) in [7, 11) is 8.04. The van der Waals surface area contributed by atoms with Crippen LogP contribution in [0.5, 0.6) is 0 Å². The molecule has 7 heteroatoms. The molecule has 24 heavy (non-hydrogen) atoms. The molecule has 1 aromatic heterocycles. The third-order valence-electron chi connectivity index (χ3n) is 4.11. The number of tetrazole rings is 1. The summed E-state index contributed by atoms with van der Waals surface area (Å²) in [5, 5.41) is 11.5. The van der Waals surface area contributed by atoms with Gasteiger partial charge in [0.25, 0.3) is 0 Å². The fourth-order valence-corrected chi connectivity index (χ4v) is 2.67. The molecule has 2 aromatic rings. The van der Waals surface area contributed by atoms with E-state index in [0.29, 0.717) is 0 Å². The van der Waals surface area contributed by atoms with Crippen molar-refractivity contribution in [3.8, 4) is 0 Å². The number of aryl methyl sites for hydroxylation is 2. The minimum atomic E-state index is 0.851. The predicted molar refractivity (Wildman–Crippen MR) is 101 cm³/mol. The van der Waals surface area contributed by atoms with Crippen molar-refractivity contribution in [2.45, 2.75) is 25.7 Å². The molecule has 1 aromatic carbocycles. The van der Waals surface area contributed by atoms with Crippen molar-refractivity contribution in [3.63, 3.8) is 0 Å². The minimum Gasteiger partial charge on any atom is -0.378 e. The molecule has 0 N–H and O–H groups in total. The Hall–Kier alpha value is -2.02. The van der Waals surface area contributed by atoms with Crippen LogP contribution in [-0.2, 0) is 19.9 Å². The van der Waals surface area contributed by atoms with Gasteiger partial charge in [-0.15, -0.1) is 5.10 Å². The lowest BCUT2D eigenvalue weighted by atomic mass is 10.1. The average Bonchev–Trinajstić information content (AvgIpc) is 2.98. The maximum absolute atomic E-state index is 5.54. The summed E-state index contributed by atoms with van der Waals surface area (Å²) in [5.41, 5.74) is 2.56. The normalized spacial score (nSPS) is 10.7. The monoisotopic (exact) mass is 346 g/mol. The van der Waals surface area contributed by atoms with Gasteiger partial charge in [0.2, 0.25) is 0 Å². The van der Waals surface area contributed by atoms with Crippen LogP contribution in [0.3, 0.4) is 0 Å². The van der Waals surface area contributed by atoms with Crippen LogP contribution in [0.2, 0.25) is 0 Å². The summed E-state index contributed by atoms with van der Waals surface area (Å²) in [6, 6.07) is 8.69. The van der Waals surface area contributed by atoms with E-state index in [9.17, 15) is 0 Å². The van der Waals surface area contributed by atoms with E-state index >= 15 is 0 Å². The quantitative estimate of drug-likeness (QED) is 0.682. The molecule has 0 saturated heterocycles. The van der Waals surface area contributed by atoms with Crippen LogP contribution in [-0.4, -0.2) is 57.8 Å². The fourth-order valence-electron chi connectivity index (χ4n) is 2.43. The number of thiocarbonyl (C=S) groups is 1. The van der Waals surface area contributed by atoms with Crippen molar-refractivity contribution in [1.82, 2.24) is 25.1 Å². The van der Waals surface area contributed by atoms with Gasteiger partial charge < -0.3 is 9.80 Å². The van der Waals surface area contributed by atoms with E-state index < -0.39 is 0 Å². The van der Waals surface area contributed by atoms with Crippen molar-refractivity contribution in [1.29, 1.82) is 0 Å². The standard InChI is InChI=1S/C17H26N6S/c1-21(2)15-10-8-14(9-11-15)12-13-22(3)17(24)7-5-6-16-18-19-20-23(16)4/h8-11H,5-7,12-13H2,1-4H3. The van der Waals surface area contributed by atoms with Crippen molar-refractivity contribution in [3.05, 3.63) is 35.7 Å². The highest BCUT2D eigenvalue weighted by molar-refractivity contribution is 7.80. The molecule has 0 unspecified atom stereocenters. The van der Waals surface area contributed by atoms with Gasteiger partial charge in [-0.05, 0) is 47.4 Å². The number of aromatic nitrogens is 4. The Balaban J connectivity index is 1.72. The Morgan fingerprint density at radius 3 is 2.42 bits per heavy atom. The van der Waals surface area contributed by atoms with E-state index in [-0.39, 0.29) is 0 Å². The first-order valence-corrected chi connectivity index (χ1v) is 8.59. The summed E-state index contributed by atoms with van der Waals surface area (Å²) in [4.78, 5) is 5.27. The second kappa shape index (κ2) is 8.73. The van der Waals surface area contributed by atoms with Gasteiger partial charge in [0.15, 0.2) is 5.82 Å². The number of hydrogen-bond donors (Lipinski definition) is 0. The van der Waals surface area contributed by atoms with Gasteiger partial charge in [0.1, 0.15) is 0 Å². The zero-order valence-electron chi connectivity index (χ0n) is 14.9. The summed E-state index contributed by atoms with van der Waals surface area (Å²) < 4.78 is 1.71. The summed E-state index contributed by atoms with van der Waals surface area (Å²) in [6.45, 7) is 0.936. The van der Waals surface area contributed by atoms with Crippen LogP contribution in [0.4, 0.5) is 5.69 Å². The summed E-state index contributed by atoms with van der Waals surface area (Å²) >= 11 is 5.54. The van der Waals surface area contributed by atoms with Crippen LogP contribution in [0.25, 0.3) is 0 Å². The number of rotatable bonds is 8. The van der Waals surface area contributed by atoms with E-state index in [0.717, 1.165) is 43.0 Å². The Kier molecular flexibility index (Phi) is 6.66. The Bertz CT molecular complexity index is 649. The molecule has 1 heterocycles. The molecule has 0 aliphatic carbocycles. The molecule has 130 valence electrons. The van der Waals surface area contributed by atoms with Crippen molar-refractivity contribution < 1.29 is 0 Å². The van der Waals surface area contributed by atoms with Crippen LogP contribution in [0, 0.1) is 0 Å². The molecule has 0 amide bonds. The maximum Gasteiger partial charge on any atom is 0.150 e. The van der Waals surface area contributed by atoms with Gasteiger partial charge in [0.05, 0.1) is 4.99 Å². The Morgan fingerprint density at radius 2 is 1.83 bits per heavy atom. The van der Waals surface area contributed by atoms with Gasteiger partial charge in [-0.3, -0.25) is 0 Å². The molecule has 0 aliphatic rings. The highest BCUT2D eigenvalue weighted by Crippen LogP contribution is 2.13. The molecule has 0 radical (unpaired) electrons.